The van der Waals surface area contributed by atoms with Crippen molar-refractivity contribution < 1.29 is 80.2 Å². The first kappa shape index (κ1) is 88.1. The lowest BCUT2D eigenvalue weighted by molar-refractivity contribution is -0.161. The van der Waals surface area contributed by atoms with Crippen molar-refractivity contribution in [3.05, 3.63) is 0 Å². The molecule has 17 nitrogen and oxygen atoms in total. The summed E-state index contributed by atoms with van der Waals surface area (Å²) in [7, 11) is -9.90. The summed E-state index contributed by atoms with van der Waals surface area (Å²) in [5.74, 6) is 0.820. The second-order valence-corrected chi connectivity index (χ2v) is 30.4. The van der Waals surface area contributed by atoms with Crippen molar-refractivity contribution in [3.63, 3.8) is 0 Å². The molecule has 0 rings (SSSR count). The van der Waals surface area contributed by atoms with Gasteiger partial charge in [0.2, 0.25) is 0 Å². The second-order valence-electron chi connectivity index (χ2n) is 27.5. The molecule has 0 heterocycles. The van der Waals surface area contributed by atoms with Crippen LogP contribution in [0, 0.1) is 23.7 Å². The molecular formula is C71H138O17P2. The molecule has 0 aromatic carbocycles. The molecular weight excluding hydrogens is 1190 g/mol. The second kappa shape index (κ2) is 60.7. The van der Waals surface area contributed by atoms with Crippen LogP contribution in [0.2, 0.25) is 0 Å². The van der Waals surface area contributed by atoms with Crippen LogP contribution in [-0.2, 0) is 65.4 Å². The van der Waals surface area contributed by atoms with E-state index in [1.807, 2.05) is 0 Å². The van der Waals surface area contributed by atoms with E-state index in [1.165, 1.54) is 148 Å². The number of aliphatic hydroxyl groups excluding tert-OH is 1. The van der Waals surface area contributed by atoms with Gasteiger partial charge in [-0.15, -0.1) is 0 Å². The number of carbonyl (C=O) groups is 4. The van der Waals surface area contributed by atoms with E-state index in [0.29, 0.717) is 31.6 Å². The molecule has 534 valence electrons. The zero-order valence-electron chi connectivity index (χ0n) is 58.8. The topological polar surface area (TPSA) is 237 Å². The number of rotatable bonds is 68. The highest BCUT2D eigenvalue weighted by Gasteiger charge is 2.30. The summed E-state index contributed by atoms with van der Waals surface area (Å²) in [6.45, 7) is 14.1. The van der Waals surface area contributed by atoms with Crippen LogP contribution in [0.5, 0.6) is 0 Å². The third kappa shape index (κ3) is 64.8. The average Bonchev–Trinajstić information content (AvgIpc) is 3.64. The molecule has 0 saturated heterocycles. The van der Waals surface area contributed by atoms with Crippen LogP contribution in [0.1, 0.15) is 351 Å². The van der Waals surface area contributed by atoms with Crippen LogP contribution in [-0.4, -0.2) is 96.7 Å². The minimum atomic E-state index is -4.95. The third-order valence-electron chi connectivity index (χ3n) is 16.3. The lowest BCUT2D eigenvalue weighted by atomic mass is 10.0. The Morgan fingerprint density at radius 2 is 0.467 bits per heavy atom. The van der Waals surface area contributed by atoms with Crippen LogP contribution < -0.4 is 0 Å². The minimum Gasteiger partial charge on any atom is -0.462 e. The van der Waals surface area contributed by atoms with Crippen LogP contribution in [0.15, 0.2) is 0 Å². The first-order valence-corrected chi connectivity index (χ1v) is 39.7. The first-order chi connectivity index (χ1) is 43.1. The molecule has 0 bridgehead atoms. The molecule has 0 radical (unpaired) electrons. The molecule has 3 N–H and O–H groups in total. The van der Waals surface area contributed by atoms with Gasteiger partial charge in [0.1, 0.15) is 19.3 Å². The normalized spacial score (nSPS) is 14.3. The fourth-order valence-electron chi connectivity index (χ4n) is 10.7. The van der Waals surface area contributed by atoms with Gasteiger partial charge in [-0.1, -0.05) is 299 Å². The van der Waals surface area contributed by atoms with Gasteiger partial charge in [-0.05, 0) is 49.4 Å². The maximum atomic E-state index is 13.0. The number of aliphatic hydroxyl groups is 1. The molecule has 2 unspecified atom stereocenters. The van der Waals surface area contributed by atoms with Gasteiger partial charge in [-0.25, -0.2) is 9.13 Å². The fraction of sp³-hybridized carbons (Fsp3) is 0.944. The van der Waals surface area contributed by atoms with Gasteiger partial charge in [0.25, 0.3) is 0 Å². The van der Waals surface area contributed by atoms with Gasteiger partial charge in [-0.3, -0.25) is 37.3 Å². The number of esters is 4. The number of phosphoric ester groups is 2. The van der Waals surface area contributed by atoms with Gasteiger partial charge in [0.05, 0.1) is 26.4 Å². The highest BCUT2D eigenvalue weighted by atomic mass is 31.2. The van der Waals surface area contributed by atoms with Gasteiger partial charge in [0.15, 0.2) is 12.2 Å². The number of hydrogen-bond acceptors (Lipinski definition) is 15. The van der Waals surface area contributed by atoms with E-state index in [9.17, 15) is 43.2 Å². The number of unbranched alkanes of at least 4 members (excludes halogenated alkanes) is 34. The van der Waals surface area contributed by atoms with Crippen molar-refractivity contribution in [2.75, 3.05) is 39.6 Å². The summed E-state index contributed by atoms with van der Waals surface area (Å²) < 4.78 is 68.3. The summed E-state index contributed by atoms with van der Waals surface area (Å²) in [5.41, 5.74) is 0. The van der Waals surface area contributed by atoms with Crippen LogP contribution in [0.3, 0.4) is 0 Å². The molecule has 5 atom stereocenters. The van der Waals surface area contributed by atoms with Gasteiger partial charge in [0, 0.05) is 25.7 Å². The predicted molar refractivity (Wildman–Crippen MR) is 363 cm³/mol. The molecule has 0 aromatic heterocycles. The molecule has 0 amide bonds. The van der Waals surface area contributed by atoms with E-state index >= 15 is 0 Å². The Balaban J connectivity index is 5.22. The molecule has 0 aliphatic carbocycles. The van der Waals surface area contributed by atoms with Crippen molar-refractivity contribution in [1.82, 2.24) is 0 Å². The van der Waals surface area contributed by atoms with Crippen molar-refractivity contribution in [3.8, 4) is 0 Å². The maximum Gasteiger partial charge on any atom is 0.472 e. The molecule has 19 heteroatoms. The quantitative estimate of drug-likeness (QED) is 0.0222. The molecule has 0 saturated carbocycles. The number of carbonyl (C=O) groups excluding carboxylic acids is 4. The Labute approximate surface area is 549 Å². The van der Waals surface area contributed by atoms with Gasteiger partial charge >= 0.3 is 39.5 Å². The third-order valence-corrected chi connectivity index (χ3v) is 18.2. The standard InChI is InChI=1S/C71H138O17P2/c1-61(2)47-39-31-23-17-13-11-9-10-12-14-20-27-37-45-53-70(75)87-67(58-82-69(74)52-44-36-30-29-34-42-50-64(7)8)60-86-90(79,80)84-56-65(72)55-83-89(77,78)85-59-66(88-71(76)54-46-38-28-22-21-25-33-41-49-63(5)6)57-81-68(73)51-43-35-26-19-16-15-18-24-32-40-48-62(3)4/h61-67,72H,9-60H2,1-8H3,(H,77,78)(H,79,80)/t65-,66-,67-/m1/s1. The summed E-state index contributed by atoms with van der Waals surface area (Å²) in [6, 6.07) is 0. The Hall–Kier alpha value is -1.94. The van der Waals surface area contributed by atoms with Crippen LogP contribution >= 0.6 is 15.6 Å². The monoisotopic (exact) mass is 1320 g/mol. The van der Waals surface area contributed by atoms with Crippen LogP contribution in [0.4, 0.5) is 0 Å². The average molecular weight is 1330 g/mol. The largest absolute Gasteiger partial charge is 0.472 e. The van der Waals surface area contributed by atoms with Gasteiger partial charge in [-0.2, -0.15) is 0 Å². The zero-order chi connectivity index (χ0) is 66.8. The number of ether oxygens (including phenoxy) is 4. The van der Waals surface area contributed by atoms with E-state index < -0.39 is 97.5 Å². The Morgan fingerprint density at radius 1 is 0.278 bits per heavy atom. The Bertz CT molecular complexity index is 1780. The molecule has 0 spiro atoms. The summed E-state index contributed by atoms with van der Waals surface area (Å²) in [6.07, 6.45) is 43.3. The number of phosphoric acid groups is 2. The van der Waals surface area contributed by atoms with Crippen LogP contribution in [0.25, 0.3) is 0 Å². The Morgan fingerprint density at radius 3 is 0.689 bits per heavy atom. The first-order valence-electron chi connectivity index (χ1n) is 36.7. The summed E-state index contributed by atoms with van der Waals surface area (Å²) in [5, 5.41) is 10.6. The van der Waals surface area contributed by atoms with Crippen molar-refractivity contribution in [1.29, 1.82) is 0 Å². The van der Waals surface area contributed by atoms with E-state index in [1.54, 1.807) is 0 Å². The Kier molecular flexibility index (Phi) is 59.4. The summed E-state index contributed by atoms with van der Waals surface area (Å²) >= 11 is 0. The van der Waals surface area contributed by atoms with E-state index in [0.717, 1.165) is 114 Å². The lowest BCUT2D eigenvalue weighted by Crippen LogP contribution is -2.30. The molecule has 0 fully saturated rings. The molecule has 90 heavy (non-hydrogen) atoms. The smallest absolute Gasteiger partial charge is 0.462 e. The number of hydrogen-bond donors (Lipinski definition) is 3. The molecule has 0 aliphatic heterocycles. The van der Waals surface area contributed by atoms with Crippen molar-refractivity contribution >= 4 is 39.5 Å². The highest BCUT2D eigenvalue weighted by molar-refractivity contribution is 7.47. The summed E-state index contributed by atoms with van der Waals surface area (Å²) in [4.78, 5) is 72.5. The fourth-order valence-corrected chi connectivity index (χ4v) is 12.2. The van der Waals surface area contributed by atoms with Crippen molar-refractivity contribution in [2.24, 2.45) is 23.7 Å². The molecule has 0 aliphatic rings. The highest BCUT2D eigenvalue weighted by Crippen LogP contribution is 2.45. The minimum absolute atomic E-state index is 0.104. The predicted octanol–water partition coefficient (Wildman–Crippen LogP) is 20.1. The van der Waals surface area contributed by atoms with Gasteiger partial charge < -0.3 is 33.8 Å². The zero-order valence-corrected chi connectivity index (χ0v) is 60.6. The molecule has 0 aromatic rings. The maximum absolute atomic E-state index is 13.0. The van der Waals surface area contributed by atoms with Crippen molar-refractivity contribution in [2.45, 2.75) is 369 Å². The van der Waals surface area contributed by atoms with E-state index in [-0.39, 0.29) is 25.7 Å². The lowest BCUT2D eigenvalue weighted by Gasteiger charge is -2.21. The SMILES string of the molecule is CC(C)CCCCCCCCCCCCCCCCC(=O)O[C@H](COC(=O)CCCCCCCCC(C)C)COP(=O)(O)OC[C@H](O)COP(=O)(O)OC[C@@H](COC(=O)CCCCCCCCCCCCC(C)C)OC(=O)CCCCCCCCCCC(C)C. The van der Waals surface area contributed by atoms with E-state index in [4.69, 9.17) is 37.0 Å². The van der Waals surface area contributed by atoms with E-state index in [2.05, 4.69) is 55.4 Å².